The largest absolute Gasteiger partial charge is 0.493 e. The third-order valence-corrected chi connectivity index (χ3v) is 7.25. The van der Waals surface area contributed by atoms with Crippen LogP contribution in [-0.2, 0) is 27.3 Å². The van der Waals surface area contributed by atoms with Gasteiger partial charge in [0.25, 0.3) is 5.91 Å². The first kappa shape index (κ1) is 25.2. The molecule has 37 heavy (non-hydrogen) atoms. The number of rotatable bonds is 8. The van der Waals surface area contributed by atoms with Crippen molar-refractivity contribution in [1.82, 2.24) is 15.5 Å². The highest BCUT2D eigenvalue weighted by Crippen LogP contribution is 2.29. The van der Waals surface area contributed by atoms with Gasteiger partial charge >= 0.3 is 0 Å². The van der Waals surface area contributed by atoms with E-state index in [1.807, 2.05) is 12.1 Å². The van der Waals surface area contributed by atoms with Gasteiger partial charge in [-0.05, 0) is 55.1 Å². The number of imide groups is 1. The lowest BCUT2D eigenvalue weighted by molar-refractivity contribution is -0.137. The second-order valence-corrected chi connectivity index (χ2v) is 10.2. The molecule has 0 saturated carbocycles. The molecule has 3 aliphatic rings. The molecule has 3 heterocycles. The Hall–Kier alpha value is -3.43. The Morgan fingerprint density at radius 1 is 1.14 bits per heavy atom. The van der Waals surface area contributed by atoms with Crippen LogP contribution in [0.4, 0.5) is 5.69 Å². The number of carbonyl (C=O) groups is 4. The van der Waals surface area contributed by atoms with E-state index in [9.17, 15) is 19.2 Å². The van der Waals surface area contributed by atoms with E-state index in [0.717, 1.165) is 30.6 Å². The molecule has 194 valence electrons. The molecule has 10 heteroatoms. The molecule has 0 radical (unpaired) electrons. The second kappa shape index (κ2) is 10.9. The van der Waals surface area contributed by atoms with E-state index >= 15 is 0 Å². The lowest BCUT2D eigenvalue weighted by Crippen LogP contribution is -2.52. The number of piperidine rings is 1. The van der Waals surface area contributed by atoms with Crippen LogP contribution in [0.2, 0.25) is 5.02 Å². The van der Waals surface area contributed by atoms with Gasteiger partial charge in [0.15, 0.2) is 0 Å². The molecular formula is C27H29ClN4O5. The van der Waals surface area contributed by atoms with Crippen LogP contribution in [0.1, 0.15) is 47.2 Å². The molecule has 0 spiro atoms. The van der Waals surface area contributed by atoms with E-state index in [1.165, 1.54) is 4.90 Å². The predicted octanol–water partition coefficient (Wildman–Crippen LogP) is 2.66. The average Bonchev–Trinajstić information content (AvgIpc) is 3.49. The molecule has 2 aromatic carbocycles. The quantitative estimate of drug-likeness (QED) is 0.457. The number of carbonyl (C=O) groups excluding carboxylic acids is 4. The topological polar surface area (TPSA) is 117 Å². The molecule has 4 amide bonds. The molecule has 2 fully saturated rings. The van der Waals surface area contributed by atoms with Gasteiger partial charge in [-0.1, -0.05) is 23.7 Å². The SMILES string of the molecule is O=C1CCC(N2Cc3ccc(CCC(=O)Nc4cc(Cl)cc(OCC5CCNC5)c4)cc3C2=O)C(=O)N1. The van der Waals surface area contributed by atoms with Crippen LogP contribution in [0.3, 0.4) is 0 Å². The molecule has 0 bridgehead atoms. The number of ether oxygens (including phenoxy) is 1. The fraction of sp³-hybridized carbons (Fsp3) is 0.407. The van der Waals surface area contributed by atoms with Crippen LogP contribution in [-0.4, -0.2) is 54.3 Å². The van der Waals surface area contributed by atoms with Gasteiger partial charge in [-0.3, -0.25) is 24.5 Å². The zero-order valence-electron chi connectivity index (χ0n) is 20.3. The second-order valence-electron chi connectivity index (χ2n) is 9.79. The third-order valence-electron chi connectivity index (χ3n) is 7.04. The Morgan fingerprint density at radius 2 is 2.00 bits per heavy atom. The van der Waals surface area contributed by atoms with Crippen molar-refractivity contribution in [2.45, 2.75) is 44.7 Å². The number of nitrogens with one attached hydrogen (secondary N) is 3. The Balaban J connectivity index is 1.16. The maximum atomic E-state index is 13.0. The van der Waals surface area contributed by atoms with E-state index in [1.54, 1.807) is 24.3 Å². The van der Waals surface area contributed by atoms with Crippen molar-refractivity contribution in [3.63, 3.8) is 0 Å². The Morgan fingerprint density at radius 3 is 2.78 bits per heavy atom. The summed E-state index contributed by atoms with van der Waals surface area (Å²) in [6.07, 6.45) is 2.29. The van der Waals surface area contributed by atoms with Gasteiger partial charge in [-0.15, -0.1) is 0 Å². The third kappa shape index (κ3) is 5.94. The van der Waals surface area contributed by atoms with E-state index in [2.05, 4.69) is 16.0 Å². The average molecular weight is 525 g/mol. The van der Waals surface area contributed by atoms with Gasteiger partial charge in [0.1, 0.15) is 11.8 Å². The molecule has 2 saturated heterocycles. The monoisotopic (exact) mass is 524 g/mol. The molecule has 5 rings (SSSR count). The van der Waals surface area contributed by atoms with Gasteiger partial charge in [-0.2, -0.15) is 0 Å². The molecule has 0 aromatic heterocycles. The first-order valence-corrected chi connectivity index (χ1v) is 12.9. The molecule has 9 nitrogen and oxygen atoms in total. The summed E-state index contributed by atoms with van der Waals surface area (Å²) in [5.74, 6) is -0.0610. The first-order valence-electron chi connectivity index (χ1n) is 12.6. The smallest absolute Gasteiger partial charge is 0.255 e. The van der Waals surface area contributed by atoms with Crippen LogP contribution >= 0.6 is 11.6 Å². The number of aryl methyl sites for hydroxylation is 1. The summed E-state index contributed by atoms with van der Waals surface area (Å²) < 4.78 is 5.89. The van der Waals surface area contributed by atoms with Crippen LogP contribution in [0.5, 0.6) is 5.75 Å². The van der Waals surface area contributed by atoms with Gasteiger partial charge in [-0.25, -0.2) is 0 Å². The number of benzene rings is 2. The lowest BCUT2D eigenvalue weighted by atomic mass is 10.0. The van der Waals surface area contributed by atoms with Crippen molar-refractivity contribution in [3.05, 3.63) is 58.1 Å². The number of amides is 4. The Bertz CT molecular complexity index is 1240. The van der Waals surface area contributed by atoms with Gasteiger partial charge in [0, 0.05) is 54.2 Å². The van der Waals surface area contributed by atoms with E-state index in [4.69, 9.17) is 16.3 Å². The van der Waals surface area contributed by atoms with Crippen LogP contribution in [0.15, 0.2) is 36.4 Å². The van der Waals surface area contributed by atoms with Crippen molar-refractivity contribution < 1.29 is 23.9 Å². The maximum absolute atomic E-state index is 13.0. The van der Waals surface area contributed by atoms with Crippen LogP contribution in [0, 0.1) is 5.92 Å². The number of fused-ring (bicyclic) bond motifs is 1. The van der Waals surface area contributed by atoms with Crippen molar-refractivity contribution >= 4 is 40.9 Å². The fourth-order valence-corrected chi connectivity index (χ4v) is 5.25. The van der Waals surface area contributed by atoms with Crippen LogP contribution in [0.25, 0.3) is 0 Å². The minimum absolute atomic E-state index is 0.176. The molecule has 2 aromatic rings. The van der Waals surface area contributed by atoms with Crippen molar-refractivity contribution in [2.75, 3.05) is 25.0 Å². The summed E-state index contributed by atoms with van der Waals surface area (Å²) in [7, 11) is 0. The summed E-state index contributed by atoms with van der Waals surface area (Å²) in [5, 5.41) is 8.98. The molecule has 0 aliphatic carbocycles. The summed E-state index contributed by atoms with van der Waals surface area (Å²) in [6, 6.07) is 10.1. The number of hydrogen-bond acceptors (Lipinski definition) is 6. The lowest BCUT2D eigenvalue weighted by Gasteiger charge is -2.29. The number of anilines is 1. The maximum Gasteiger partial charge on any atom is 0.255 e. The highest BCUT2D eigenvalue weighted by atomic mass is 35.5. The Labute approximate surface area is 219 Å². The minimum atomic E-state index is -0.645. The zero-order chi connectivity index (χ0) is 25.9. The summed E-state index contributed by atoms with van der Waals surface area (Å²) in [6.45, 7) is 2.87. The van der Waals surface area contributed by atoms with Crippen molar-refractivity contribution in [2.24, 2.45) is 5.92 Å². The number of nitrogens with zero attached hydrogens (tertiary/aromatic N) is 1. The fourth-order valence-electron chi connectivity index (χ4n) is 5.03. The molecule has 3 aliphatic heterocycles. The molecule has 2 unspecified atom stereocenters. The van der Waals surface area contributed by atoms with Crippen LogP contribution < -0.4 is 20.7 Å². The highest BCUT2D eigenvalue weighted by molar-refractivity contribution is 6.31. The molecule has 3 N–H and O–H groups in total. The number of halogens is 1. The summed E-state index contributed by atoms with van der Waals surface area (Å²) >= 11 is 6.23. The van der Waals surface area contributed by atoms with Crippen molar-refractivity contribution in [1.29, 1.82) is 0 Å². The minimum Gasteiger partial charge on any atom is -0.493 e. The van der Waals surface area contributed by atoms with Gasteiger partial charge < -0.3 is 20.3 Å². The first-order chi connectivity index (χ1) is 17.9. The predicted molar refractivity (Wildman–Crippen MR) is 137 cm³/mol. The normalized spacial score (nSPS) is 21.1. The van der Waals surface area contributed by atoms with E-state index in [-0.39, 0.29) is 30.6 Å². The number of hydrogen-bond donors (Lipinski definition) is 3. The molecular weight excluding hydrogens is 496 g/mol. The molecule has 2 atom stereocenters. The van der Waals surface area contributed by atoms with Gasteiger partial charge in [0.05, 0.1) is 6.61 Å². The van der Waals surface area contributed by atoms with E-state index < -0.39 is 11.9 Å². The summed E-state index contributed by atoms with van der Waals surface area (Å²) in [4.78, 5) is 50.9. The standard InChI is InChI=1S/C27H29ClN4O5/c28-19-10-20(12-21(11-19)37-15-17-7-8-29-13-17)30-24(33)5-2-16-1-3-18-14-32(27(36)22(18)9-16)23-4-6-25(34)31-26(23)35/h1,3,9-12,17,23,29H,2,4-8,13-15H2,(H,30,33)(H,31,34,35). The zero-order valence-corrected chi connectivity index (χ0v) is 21.1. The highest BCUT2D eigenvalue weighted by Gasteiger charge is 2.39. The summed E-state index contributed by atoms with van der Waals surface area (Å²) in [5.41, 5.74) is 2.80. The van der Waals surface area contributed by atoms with Crippen molar-refractivity contribution in [3.8, 4) is 5.75 Å². The van der Waals surface area contributed by atoms with E-state index in [0.29, 0.717) is 53.9 Å². The van der Waals surface area contributed by atoms with Gasteiger partial charge in [0.2, 0.25) is 17.7 Å². The Kier molecular flexibility index (Phi) is 7.43.